The molecule has 0 bridgehead atoms. The molecule has 0 unspecified atom stereocenters. The first-order valence-electron chi connectivity index (χ1n) is 7.20. The molecule has 1 aromatic heterocycles. The lowest BCUT2D eigenvalue weighted by Crippen LogP contribution is -2.13. The second-order valence-corrected chi connectivity index (χ2v) is 6.64. The Morgan fingerprint density at radius 2 is 2.00 bits per heavy atom. The zero-order valence-electron chi connectivity index (χ0n) is 12.7. The summed E-state index contributed by atoms with van der Waals surface area (Å²) in [7, 11) is 0. The molecule has 112 valence electrons. The van der Waals surface area contributed by atoms with E-state index in [9.17, 15) is 0 Å². The Labute approximate surface area is 136 Å². The minimum atomic E-state index is 0.789. The molecule has 0 saturated carbocycles. The number of hydrogen-bond acceptors (Lipinski definition) is 3. The Hall–Kier alpha value is -1.03. The standard InChI is InChI=1S/C17H21ClN2S/c1-4-7-19-11-14-5-6-16(15(18)10-14)21-17-9-12(2)8-13(3)20-17/h5-6,8-10,19H,4,7,11H2,1-3H3. The van der Waals surface area contributed by atoms with Gasteiger partial charge in [-0.05, 0) is 62.2 Å². The van der Waals surface area contributed by atoms with Crippen LogP contribution in [0.4, 0.5) is 0 Å². The molecule has 2 aromatic rings. The molecule has 2 nitrogen and oxygen atoms in total. The van der Waals surface area contributed by atoms with E-state index >= 15 is 0 Å². The van der Waals surface area contributed by atoms with E-state index in [0.29, 0.717) is 0 Å². The predicted octanol–water partition coefficient (Wildman–Crippen LogP) is 5.00. The fourth-order valence-electron chi connectivity index (χ4n) is 2.12. The van der Waals surface area contributed by atoms with Crippen molar-refractivity contribution in [2.75, 3.05) is 6.54 Å². The molecule has 0 radical (unpaired) electrons. The first kappa shape index (κ1) is 16.3. The van der Waals surface area contributed by atoms with Crippen LogP contribution in [0.1, 0.15) is 30.2 Å². The second-order valence-electron chi connectivity index (χ2n) is 5.17. The molecule has 0 amide bonds. The summed E-state index contributed by atoms with van der Waals surface area (Å²) in [5, 5.41) is 5.17. The molecule has 21 heavy (non-hydrogen) atoms. The van der Waals surface area contributed by atoms with Crippen LogP contribution in [0.5, 0.6) is 0 Å². The Balaban J connectivity index is 2.10. The van der Waals surface area contributed by atoms with Gasteiger partial charge in [0.15, 0.2) is 0 Å². The van der Waals surface area contributed by atoms with E-state index in [-0.39, 0.29) is 0 Å². The number of nitrogens with zero attached hydrogens (tertiary/aromatic N) is 1. The normalized spacial score (nSPS) is 10.9. The van der Waals surface area contributed by atoms with E-state index in [1.54, 1.807) is 11.8 Å². The van der Waals surface area contributed by atoms with Gasteiger partial charge in [-0.2, -0.15) is 0 Å². The number of rotatable bonds is 6. The minimum Gasteiger partial charge on any atom is -0.313 e. The van der Waals surface area contributed by atoms with Crippen molar-refractivity contribution in [2.45, 2.75) is 43.7 Å². The Morgan fingerprint density at radius 3 is 2.67 bits per heavy atom. The lowest BCUT2D eigenvalue weighted by atomic mass is 10.2. The number of benzene rings is 1. The van der Waals surface area contributed by atoms with Crippen LogP contribution in [0.3, 0.4) is 0 Å². The molecule has 0 spiro atoms. The number of hydrogen-bond donors (Lipinski definition) is 1. The fraction of sp³-hybridized carbons (Fsp3) is 0.353. The van der Waals surface area contributed by atoms with Crippen molar-refractivity contribution in [1.29, 1.82) is 0 Å². The number of nitrogens with one attached hydrogen (secondary N) is 1. The molecule has 1 aromatic carbocycles. The fourth-order valence-corrected chi connectivity index (χ4v) is 3.39. The monoisotopic (exact) mass is 320 g/mol. The van der Waals surface area contributed by atoms with E-state index in [0.717, 1.165) is 40.1 Å². The van der Waals surface area contributed by atoms with E-state index in [2.05, 4.69) is 48.4 Å². The highest BCUT2D eigenvalue weighted by Gasteiger charge is 2.06. The summed E-state index contributed by atoms with van der Waals surface area (Å²) in [6.07, 6.45) is 1.14. The van der Waals surface area contributed by atoms with E-state index in [1.807, 2.05) is 13.0 Å². The second kappa shape index (κ2) is 7.83. The summed E-state index contributed by atoms with van der Waals surface area (Å²) in [5.41, 5.74) is 3.47. The van der Waals surface area contributed by atoms with Crippen molar-refractivity contribution in [3.63, 3.8) is 0 Å². The molecule has 0 aliphatic carbocycles. The topological polar surface area (TPSA) is 24.9 Å². The molecular weight excluding hydrogens is 300 g/mol. The summed E-state index contributed by atoms with van der Waals surface area (Å²) in [4.78, 5) is 5.59. The first-order chi connectivity index (χ1) is 10.1. The van der Waals surface area contributed by atoms with Crippen molar-refractivity contribution < 1.29 is 0 Å². The Bertz CT molecular complexity index is 593. The smallest absolute Gasteiger partial charge is 0.101 e. The van der Waals surface area contributed by atoms with Crippen LogP contribution in [-0.4, -0.2) is 11.5 Å². The van der Waals surface area contributed by atoms with Gasteiger partial charge in [0.2, 0.25) is 0 Å². The van der Waals surface area contributed by atoms with Crippen molar-refractivity contribution in [3.8, 4) is 0 Å². The third-order valence-corrected chi connectivity index (χ3v) is 4.46. The highest BCUT2D eigenvalue weighted by molar-refractivity contribution is 7.99. The van der Waals surface area contributed by atoms with Gasteiger partial charge in [0, 0.05) is 17.1 Å². The van der Waals surface area contributed by atoms with Gasteiger partial charge in [-0.25, -0.2) is 4.98 Å². The van der Waals surface area contributed by atoms with E-state index in [4.69, 9.17) is 11.6 Å². The molecule has 1 heterocycles. The summed E-state index contributed by atoms with van der Waals surface area (Å²) in [5.74, 6) is 0. The van der Waals surface area contributed by atoms with Gasteiger partial charge >= 0.3 is 0 Å². The van der Waals surface area contributed by atoms with Gasteiger partial charge in [-0.1, -0.05) is 36.4 Å². The highest BCUT2D eigenvalue weighted by atomic mass is 35.5. The van der Waals surface area contributed by atoms with Crippen LogP contribution in [-0.2, 0) is 6.54 Å². The molecule has 0 atom stereocenters. The van der Waals surface area contributed by atoms with Gasteiger partial charge in [0.1, 0.15) is 5.03 Å². The lowest BCUT2D eigenvalue weighted by Gasteiger charge is -2.08. The summed E-state index contributed by atoms with van der Waals surface area (Å²) in [6.45, 7) is 8.15. The lowest BCUT2D eigenvalue weighted by molar-refractivity contribution is 0.675. The number of aryl methyl sites for hydroxylation is 2. The Kier molecular flexibility index (Phi) is 6.09. The van der Waals surface area contributed by atoms with Gasteiger partial charge < -0.3 is 5.32 Å². The third-order valence-electron chi connectivity index (χ3n) is 3.04. The molecular formula is C17H21ClN2S. The number of pyridine rings is 1. The van der Waals surface area contributed by atoms with Gasteiger partial charge in [-0.15, -0.1) is 0 Å². The van der Waals surface area contributed by atoms with Crippen LogP contribution in [0.15, 0.2) is 40.3 Å². The maximum atomic E-state index is 6.40. The predicted molar refractivity (Wildman–Crippen MR) is 91.3 cm³/mol. The van der Waals surface area contributed by atoms with E-state index in [1.165, 1.54) is 11.1 Å². The summed E-state index contributed by atoms with van der Waals surface area (Å²) < 4.78 is 0. The maximum Gasteiger partial charge on any atom is 0.101 e. The zero-order valence-corrected chi connectivity index (χ0v) is 14.3. The van der Waals surface area contributed by atoms with Gasteiger partial charge in [0.25, 0.3) is 0 Å². The maximum absolute atomic E-state index is 6.40. The molecule has 0 aliphatic rings. The van der Waals surface area contributed by atoms with Crippen LogP contribution < -0.4 is 5.32 Å². The van der Waals surface area contributed by atoms with Gasteiger partial charge in [0.05, 0.1) is 5.02 Å². The van der Waals surface area contributed by atoms with Crippen molar-refractivity contribution in [3.05, 3.63) is 52.2 Å². The summed E-state index contributed by atoms with van der Waals surface area (Å²) in [6, 6.07) is 10.4. The Morgan fingerprint density at radius 1 is 1.19 bits per heavy atom. The average molecular weight is 321 g/mol. The van der Waals surface area contributed by atoms with Crippen LogP contribution in [0.2, 0.25) is 5.02 Å². The SMILES string of the molecule is CCCNCc1ccc(Sc2cc(C)cc(C)n2)c(Cl)c1. The molecule has 4 heteroatoms. The van der Waals surface area contributed by atoms with Crippen LogP contribution in [0, 0.1) is 13.8 Å². The molecule has 0 fully saturated rings. The molecule has 2 rings (SSSR count). The van der Waals surface area contributed by atoms with Crippen LogP contribution >= 0.6 is 23.4 Å². The van der Waals surface area contributed by atoms with Crippen LogP contribution in [0.25, 0.3) is 0 Å². The zero-order chi connectivity index (χ0) is 15.2. The molecule has 1 N–H and O–H groups in total. The molecule has 0 aliphatic heterocycles. The van der Waals surface area contributed by atoms with Crippen molar-refractivity contribution in [1.82, 2.24) is 10.3 Å². The number of halogens is 1. The first-order valence-corrected chi connectivity index (χ1v) is 8.40. The third kappa shape index (κ3) is 5.03. The molecule has 0 saturated heterocycles. The van der Waals surface area contributed by atoms with Gasteiger partial charge in [-0.3, -0.25) is 0 Å². The van der Waals surface area contributed by atoms with E-state index < -0.39 is 0 Å². The average Bonchev–Trinajstić information content (AvgIpc) is 2.41. The summed E-state index contributed by atoms with van der Waals surface area (Å²) >= 11 is 8.01. The highest BCUT2D eigenvalue weighted by Crippen LogP contribution is 2.33. The van der Waals surface area contributed by atoms with Crippen molar-refractivity contribution in [2.24, 2.45) is 0 Å². The van der Waals surface area contributed by atoms with Crippen molar-refractivity contribution >= 4 is 23.4 Å². The quantitative estimate of drug-likeness (QED) is 0.758. The number of aromatic nitrogens is 1. The largest absolute Gasteiger partial charge is 0.313 e. The minimum absolute atomic E-state index is 0.789.